The minimum atomic E-state index is -1.57. The Morgan fingerprint density at radius 3 is 2.64 bits per heavy atom. The molecule has 0 bridgehead atoms. The molecule has 0 fully saturated rings. The van der Waals surface area contributed by atoms with Crippen LogP contribution in [0.4, 0.5) is 4.39 Å². The lowest BCUT2D eigenvalue weighted by atomic mass is 10.3. The van der Waals surface area contributed by atoms with Crippen LogP contribution in [-0.2, 0) is 15.6 Å². The highest BCUT2D eigenvalue weighted by Gasteiger charge is 2.10. The molecular weight excluding hydrogens is 207 g/mol. The van der Waals surface area contributed by atoms with Gasteiger partial charge in [0.05, 0.1) is 22.1 Å². The summed E-state index contributed by atoms with van der Waals surface area (Å²) in [7, 11) is -1.57. The molecule has 1 aromatic carbocycles. The van der Waals surface area contributed by atoms with Crippen molar-refractivity contribution in [1.82, 2.24) is 0 Å². The number of benzene rings is 1. The zero-order chi connectivity index (χ0) is 10.6. The fraction of sp³-hybridized carbons (Fsp3) is 0.222. The summed E-state index contributed by atoms with van der Waals surface area (Å²) in [5, 5.41) is 8.35. The van der Waals surface area contributed by atoms with Crippen molar-refractivity contribution >= 4 is 16.8 Å². The van der Waals surface area contributed by atoms with Crippen LogP contribution in [0, 0.1) is 5.82 Å². The minimum Gasteiger partial charge on any atom is -0.481 e. The number of hydrogen-bond acceptors (Lipinski definition) is 2. The van der Waals surface area contributed by atoms with Crippen LogP contribution in [0.5, 0.6) is 0 Å². The lowest BCUT2D eigenvalue weighted by Crippen LogP contribution is -2.06. The molecule has 0 aliphatic heterocycles. The van der Waals surface area contributed by atoms with Crippen molar-refractivity contribution < 1.29 is 18.5 Å². The number of carbonyl (C=O) groups is 1. The molecule has 0 amide bonds. The maximum absolute atomic E-state index is 13.0. The van der Waals surface area contributed by atoms with Gasteiger partial charge in [-0.15, -0.1) is 0 Å². The maximum atomic E-state index is 13.0. The molecule has 1 aromatic rings. The standard InChI is InChI=1S/C9H9FO3S/c10-7-3-1-2-4-8(7)14(13)6-5-9(11)12/h1-4H,5-6H2,(H,11,12). The topological polar surface area (TPSA) is 54.4 Å². The smallest absolute Gasteiger partial charge is 0.304 e. The Bertz CT molecular complexity index is 365. The Kier molecular flexibility index (Phi) is 3.76. The first kappa shape index (κ1) is 10.8. The summed E-state index contributed by atoms with van der Waals surface area (Å²) in [5.74, 6) is -1.65. The molecule has 1 unspecified atom stereocenters. The van der Waals surface area contributed by atoms with E-state index in [-0.39, 0.29) is 17.1 Å². The number of aliphatic carboxylic acids is 1. The second-order valence-corrected chi connectivity index (χ2v) is 4.16. The first-order valence-electron chi connectivity index (χ1n) is 3.96. The Morgan fingerprint density at radius 1 is 1.43 bits per heavy atom. The first-order valence-corrected chi connectivity index (χ1v) is 5.28. The molecule has 1 rings (SSSR count). The largest absolute Gasteiger partial charge is 0.481 e. The zero-order valence-corrected chi connectivity index (χ0v) is 8.09. The average molecular weight is 216 g/mol. The van der Waals surface area contributed by atoms with Crippen LogP contribution < -0.4 is 0 Å². The average Bonchev–Trinajstić information content (AvgIpc) is 2.15. The summed E-state index contributed by atoms with van der Waals surface area (Å²) >= 11 is 0. The van der Waals surface area contributed by atoms with E-state index in [1.165, 1.54) is 18.2 Å². The molecule has 0 aliphatic carbocycles. The van der Waals surface area contributed by atoms with Gasteiger partial charge in [0.25, 0.3) is 0 Å². The summed E-state index contributed by atoms with van der Waals surface area (Å²) in [6.45, 7) is 0. The van der Waals surface area contributed by atoms with Gasteiger partial charge in [0.2, 0.25) is 0 Å². The molecule has 0 aliphatic rings. The minimum absolute atomic E-state index is 0.0593. The van der Waals surface area contributed by atoms with E-state index in [0.29, 0.717) is 0 Å². The lowest BCUT2D eigenvalue weighted by Gasteiger charge is -2.00. The molecule has 0 aromatic heterocycles. The van der Waals surface area contributed by atoms with Crippen LogP contribution in [0.3, 0.4) is 0 Å². The van der Waals surface area contributed by atoms with Crippen molar-refractivity contribution in [3.8, 4) is 0 Å². The molecule has 76 valence electrons. The summed E-state index contributed by atoms with van der Waals surface area (Å²) in [6.07, 6.45) is -0.221. The highest BCUT2D eigenvalue weighted by atomic mass is 32.2. The van der Waals surface area contributed by atoms with E-state index in [2.05, 4.69) is 0 Å². The molecule has 3 nitrogen and oxygen atoms in total. The highest BCUT2D eigenvalue weighted by Crippen LogP contribution is 2.12. The Labute approximate surface area is 83.0 Å². The normalized spacial score (nSPS) is 12.4. The third kappa shape index (κ3) is 2.92. The third-order valence-electron chi connectivity index (χ3n) is 1.58. The molecule has 0 heterocycles. The van der Waals surface area contributed by atoms with Crippen molar-refractivity contribution in [2.45, 2.75) is 11.3 Å². The molecule has 1 N–H and O–H groups in total. The van der Waals surface area contributed by atoms with E-state index < -0.39 is 22.6 Å². The van der Waals surface area contributed by atoms with Crippen LogP contribution in [0.15, 0.2) is 29.2 Å². The number of hydrogen-bond donors (Lipinski definition) is 1. The van der Waals surface area contributed by atoms with Crippen molar-refractivity contribution in [2.75, 3.05) is 5.75 Å². The van der Waals surface area contributed by atoms with E-state index in [4.69, 9.17) is 5.11 Å². The van der Waals surface area contributed by atoms with Crippen LogP contribution in [0.1, 0.15) is 6.42 Å². The highest BCUT2D eigenvalue weighted by molar-refractivity contribution is 7.85. The molecule has 0 radical (unpaired) electrons. The number of carboxylic acids is 1. The van der Waals surface area contributed by atoms with Crippen molar-refractivity contribution in [2.24, 2.45) is 0 Å². The fourth-order valence-corrected chi connectivity index (χ4v) is 2.02. The molecule has 0 saturated heterocycles. The van der Waals surface area contributed by atoms with E-state index in [1.54, 1.807) is 6.07 Å². The first-order chi connectivity index (χ1) is 6.61. The second-order valence-electron chi connectivity index (χ2n) is 2.62. The maximum Gasteiger partial charge on any atom is 0.304 e. The van der Waals surface area contributed by atoms with Gasteiger partial charge in [-0.05, 0) is 12.1 Å². The van der Waals surface area contributed by atoms with Gasteiger partial charge < -0.3 is 5.11 Å². The summed E-state index contributed by atoms with van der Waals surface area (Å²) in [6, 6.07) is 5.66. The number of rotatable bonds is 4. The Hall–Kier alpha value is -1.23. The molecule has 0 spiro atoms. The zero-order valence-electron chi connectivity index (χ0n) is 7.27. The molecular formula is C9H9FO3S. The fourth-order valence-electron chi connectivity index (χ4n) is 0.919. The predicted molar refractivity (Wildman–Crippen MR) is 49.9 cm³/mol. The van der Waals surface area contributed by atoms with Crippen LogP contribution in [0.2, 0.25) is 0 Å². The van der Waals surface area contributed by atoms with Crippen LogP contribution in [0.25, 0.3) is 0 Å². The quantitative estimate of drug-likeness (QED) is 0.827. The second kappa shape index (κ2) is 4.85. The Balaban J connectivity index is 2.70. The van der Waals surface area contributed by atoms with Gasteiger partial charge in [-0.25, -0.2) is 4.39 Å². The summed E-state index contributed by atoms with van der Waals surface area (Å²) in [5.41, 5.74) is 0. The van der Waals surface area contributed by atoms with Crippen LogP contribution in [-0.4, -0.2) is 21.0 Å². The monoisotopic (exact) mass is 216 g/mol. The van der Waals surface area contributed by atoms with Gasteiger partial charge in [0.15, 0.2) is 0 Å². The summed E-state index contributed by atoms with van der Waals surface area (Å²) in [4.78, 5) is 10.3. The summed E-state index contributed by atoms with van der Waals surface area (Å²) < 4.78 is 24.4. The predicted octanol–water partition coefficient (Wildman–Crippen LogP) is 1.41. The molecule has 5 heteroatoms. The van der Waals surface area contributed by atoms with Gasteiger partial charge in [-0.3, -0.25) is 9.00 Å². The van der Waals surface area contributed by atoms with Gasteiger partial charge in [-0.2, -0.15) is 0 Å². The van der Waals surface area contributed by atoms with E-state index in [9.17, 15) is 13.4 Å². The van der Waals surface area contributed by atoms with E-state index in [0.717, 1.165) is 0 Å². The van der Waals surface area contributed by atoms with Crippen molar-refractivity contribution in [3.63, 3.8) is 0 Å². The third-order valence-corrected chi connectivity index (χ3v) is 2.98. The van der Waals surface area contributed by atoms with Gasteiger partial charge in [-0.1, -0.05) is 12.1 Å². The molecule has 14 heavy (non-hydrogen) atoms. The van der Waals surface area contributed by atoms with Crippen molar-refractivity contribution in [1.29, 1.82) is 0 Å². The van der Waals surface area contributed by atoms with Gasteiger partial charge in [0.1, 0.15) is 5.82 Å². The van der Waals surface area contributed by atoms with E-state index in [1.807, 2.05) is 0 Å². The van der Waals surface area contributed by atoms with E-state index >= 15 is 0 Å². The number of carboxylic acid groups (broad SMARTS) is 1. The molecule has 1 atom stereocenters. The molecule has 0 saturated carbocycles. The lowest BCUT2D eigenvalue weighted by molar-refractivity contribution is -0.136. The van der Waals surface area contributed by atoms with Gasteiger partial charge >= 0.3 is 5.97 Å². The van der Waals surface area contributed by atoms with Crippen LogP contribution >= 0.6 is 0 Å². The SMILES string of the molecule is O=C(O)CCS(=O)c1ccccc1F. The van der Waals surface area contributed by atoms with Crippen molar-refractivity contribution in [3.05, 3.63) is 30.1 Å². The Morgan fingerprint density at radius 2 is 2.07 bits per heavy atom. The number of halogens is 1. The van der Waals surface area contributed by atoms with Gasteiger partial charge in [0, 0.05) is 5.75 Å².